The molecule has 2 aromatic rings. The first kappa shape index (κ1) is 23.7. The second kappa shape index (κ2) is 11.0. The molecule has 0 aliphatic rings. The van der Waals surface area contributed by atoms with Crippen LogP contribution < -0.4 is 9.47 Å². The maximum Gasteiger partial charge on any atom is 0.310 e. The molecule has 0 spiro atoms. The zero-order valence-electron chi connectivity index (χ0n) is 19.1. The number of hydrogen-bond acceptors (Lipinski definition) is 4. The van der Waals surface area contributed by atoms with Gasteiger partial charge in [-0.2, -0.15) is 0 Å². The van der Waals surface area contributed by atoms with Gasteiger partial charge in [0.1, 0.15) is 11.5 Å². The van der Waals surface area contributed by atoms with Crippen LogP contribution in [0.3, 0.4) is 0 Å². The van der Waals surface area contributed by atoms with E-state index in [1.165, 1.54) is 11.1 Å². The van der Waals surface area contributed by atoms with E-state index in [1.54, 1.807) is 13.8 Å². The minimum atomic E-state index is -0.219. The second-order valence-electron chi connectivity index (χ2n) is 7.73. The Balaban J connectivity index is 2.31. The van der Waals surface area contributed by atoms with Crippen molar-refractivity contribution in [1.29, 1.82) is 0 Å². The number of aryl methyl sites for hydroxylation is 2. The first-order chi connectivity index (χ1) is 14.3. The van der Waals surface area contributed by atoms with E-state index in [4.69, 9.17) is 9.47 Å². The Hall–Kier alpha value is -2.62. The molecular formula is C26H34O4. The topological polar surface area (TPSA) is 52.6 Å². The lowest BCUT2D eigenvalue weighted by molar-refractivity contribution is -0.135. The average Bonchev–Trinajstić information content (AvgIpc) is 2.74. The van der Waals surface area contributed by atoms with E-state index < -0.39 is 0 Å². The van der Waals surface area contributed by atoms with Crippen LogP contribution >= 0.6 is 0 Å². The van der Waals surface area contributed by atoms with E-state index >= 15 is 0 Å². The summed E-state index contributed by atoms with van der Waals surface area (Å²) in [6.07, 6.45) is 2.72. The minimum absolute atomic E-state index is 0.219. The van der Waals surface area contributed by atoms with Gasteiger partial charge < -0.3 is 9.47 Å². The van der Waals surface area contributed by atoms with E-state index in [0.29, 0.717) is 36.2 Å². The fourth-order valence-corrected chi connectivity index (χ4v) is 3.93. The van der Waals surface area contributed by atoms with E-state index in [2.05, 4.69) is 38.1 Å². The number of ether oxygens (including phenoxy) is 2. The Morgan fingerprint density at radius 2 is 1.07 bits per heavy atom. The summed E-state index contributed by atoms with van der Waals surface area (Å²) in [6, 6.07) is 12.2. The summed E-state index contributed by atoms with van der Waals surface area (Å²) in [4.78, 5) is 23.3. The second-order valence-corrected chi connectivity index (χ2v) is 7.73. The molecule has 4 nitrogen and oxygen atoms in total. The Kier molecular flexibility index (Phi) is 8.64. The summed E-state index contributed by atoms with van der Waals surface area (Å²) in [5.74, 6) is 1.51. The molecule has 0 saturated carbocycles. The lowest BCUT2D eigenvalue weighted by atomic mass is 9.77. The molecule has 0 aliphatic carbocycles. The Morgan fingerprint density at radius 3 is 1.33 bits per heavy atom. The van der Waals surface area contributed by atoms with Gasteiger partial charge in [0.05, 0.1) is 0 Å². The summed E-state index contributed by atoms with van der Waals surface area (Å²) in [5.41, 5.74) is 4.44. The van der Waals surface area contributed by atoms with Crippen LogP contribution in [0.4, 0.5) is 0 Å². The molecule has 0 saturated heterocycles. The highest BCUT2D eigenvalue weighted by atomic mass is 16.5. The van der Waals surface area contributed by atoms with E-state index in [-0.39, 0.29) is 11.9 Å². The number of esters is 2. The van der Waals surface area contributed by atoms with E-state index in [0.717, 1.165) is 24.0 Å². The SMILES string of the molecule is CCC(=O)Oc1ccc(C(CC)C(CC)c2ccc(OC(=O)CC)c(C)c2)cc1C. The molecule has 0 aromatic heterocycles. The number of hydrogen-bond donors (Lipinski definition) is 0. The number of benzene rings is 2. The van der Waals surface area contributed by atoms with Crippen molar-refractivity contribution in [3.8, 4) is 11.5 Å². The Morgan fingerprint density at radius 1 is 0.700 bits per heavy atom. The van der Waals surface area contributed by atoms with Crippen molar-refractivity contribution in [1.82, 2.24) is 0 Å². The molecule has 0 amide bonds. The van der Waals surface area contributed by atoms with Crippen LogP contribution in [0.15, 0.2) is 36.4 Å². The maximum absolute atomic E-state index is 11.6. The third kappa shape index (κ3) is 5.71. The maximum atomic E-state index is 11.6. The van der Waals surface area contributed by atoms with Crippen LogP contribution in [0.1, 0.15) is 87.5 Å². The molecule has 2 rings (SSSR count). The normalized spacial score (nSPS) is 12.9. The summed E-state index contributed by atoms with van der Waals surface area (Å²) in [7, 11) is 0. The van der Waals surface area contributed by atoms with Gasteiger partial charge in [-0.05, 0) is 72.9 Å². The minimum Gasteiger partial charge on any atom is -0.426 e. The van der Waals surface area contributed by atoms with Crippen molar-refractivity contribution in [2.24, 2.45) is 0 Å². The molecule has 0 heterocycles. The molecular weight excluding hydrogens is 376 g/mol. The summed E-state index contributed by atoms with van der Waals surface area (Å²) >= 11 is 0. The molecule has 4 heteroatoms. The van der Waals surface area contributed by atoms with E-state index in [1.807, 2.05) is 26.0 Å². The molecule has 0 bridgehead atoms. The van der Waals surface area contributed by atoms with Gasteiger partial charge in [-0.25, -0.2) is 0 Å². The average molecular weight is 411 g/mol. The monoisotopic (exact) mass is 410 g/mol. The number of carbonyl (C=O) groups is 2. The zero-order valence-corrected chi connectivity index (χ0v) is 19.1. The molecule has 2 atom stereocenters. The molecule has 0 N–H and O–H groups in total. The zero-order chi connectivity index (χ0) is 22.3. The van der Waals surface area contributed by atoms with Gasteiger partial charge in [0.15, 0.2) is 0 Å². The lowest BCUT2D eigenvalue weighted by Crippen LogP contribution is -2.12. The summed E-state index contributed by atoms with van der Waals surface area (Å²) < 4.78 is 10.8. The van der Waals surface area contributed by atoms with Crippen LogP contribution in [0.25, 0.3) is 0 Å². The third-order valence-corrected chi connectivity index (χ3v) is 5.64. The molecule has 162 valence electrons. The van der Waals surface area contributed by atoms with Crippen molar-refractivity contribution >= 4 is 11.9 Å². The highest BCUT2D eigenvalue weighted by Gasteiger charge is 2.23. The smallest absolute Gasteiger partial charge is 0.310 e. The van der Waals surface area contributed by atoms with Gasteiger partial charge in [0, 0.05) is 12.8 Å². The Labute approximate surface area is 180 Å². The van der Waals surface area contributed by atoms with Gasteiger partial charge in [0.2, 0.25) is 0 Å². The highest BCUT2D eigenvalue weighted by Crippen LogP contribution is 2.40. The molecule has 2 aromatic carbocycles. The predicted octanol–water partition coefficient (Wildman–Crippen LogP) is 6.62. The standard InChI is InChI=1S/C26H34O4/c1-7-21(19-11-13-23(17(5)15-19)29-25(27)9-3)22(8-2)20-12-14-24(18(6)16-20)30-26(28)10-4/h11-16,21-22H,7-10H2,1-6H3. The quantitative estimate of drug-likeness (QED) is 0.344. The highest BCUT2D eigenvalue weighted by molar-refractivity contribution is 5.73. The molecule has 0 radical (unpaired) electrons. The van der Waals surface area contributed by atoms with Gasteiger partial charge in [-0.3, -0.25) is 9.59 Å². The first-order valence-electron chi connectivity index (χ1n) is 11.0. The van der Waals surface area contributed by atoms with Crippen LogP contribution in [-0.2, 0) is 9.59 Å². The number of carbonyl (C=O) groups excluding carboxylic acids is 2. The van der Waals surface area contributed by atoms with E-state index in [9.17, 15) is 9.59 Å². The van der Waals surface area contributed by atoms with Gasteiger partial charge in [-0.15, -0.1) is 0 Å². The predicted molar refractivity (Wildman–Crippen MR) is 120 cm³/mol. The van der Waals surface area contributed by atoms with Crippen LogP contribution in [0.5, 0.6) is 11.5 Å². The third-order valence-electron chi connectivity index (χ3n) is 5.64. The summed E-state index contributed by atoms with van der Waals surface area (Å²) in [5, 5.41) is 0. The lowest BCUT2D eigenvalue weighted by Gasteiger charge is -2.27. The van der Waals surface area contributed by atoms with Gasteiger partial charge in [-0.1, -0.05) is 52.0 Å². The van der Waals surface area contributed by atoms with Gasteiger partial charge in [0.25, 0.3) is 0 Å². The molecule has 30 heavy (non-hydrogen) atoms. The molecule has 0 fully saturated rings. The van der Waals surface area contributed by atoms with Crippen molar-refractivity contribution in [2.75, 3.05) is 0 Å². The number of rotatable bonds is 9. The largest absolute Gasteiger partial charge is 0.426 e. The fourth-order valence-electron chi connectivity index (χ4n) is 3.93. The van der Waals surface area contributed by atoms with Crippen LogP contribution in [0.2, 0.25) is 0 Å². The molecule has 2 unspecified atom stereocenters. The van der Waals surface area contributed by atoms with Gasteiger partial charge >= 0.3 is 11.9 Å². The van der Waals surface area contributed by atoms with Crippen LogP contribution in [0, 0.1) is 13.8 Å². The fraction of sp³-hybridized carbons (Fsp3) is 0.462. The molecule has 0 aliphatic heterocycles. The van der Waals surface area contributed by atoms with Crippen molar-refractivity contribution in [3.05, 3.63) is 58.7 Å². The Bertz CT molecular complexity index is 811. The summed E-state index contributed by atoms with van der Waals surface area (Å²) in [6.45, 7) is 12.0. The van der Waals surface area contributed by atoms with Crippen molar-refractivity contribution in [2.45, 2.75) is 79.1 Å². The van der Waals surface area contributed by atoms with Crippen molar-refractivity contribution in [3.63, 3.8) is 0 Å². The van der Waals surface area contributed by atoms with Crippen molar-refractivity contribution < 1.29 is 19.1 Å². The van der Waals surface area contributed by atoms with Crippen LogP contribution in [-0.4, -0.2) is 11.9 Å². The first-order valence-corrected chi connectivity index (χ1v) is 11.0.